The molecule has 1 aromatic heterocycles. The maximum atomic E-state index is 12.3. The van der Waals surface area contributed by atoms with E-state index in [4.69, 9.17) is 27.9 Å². The quantitative estimate of drug-likeness (QED) is 0.382. The van der Waals surface area contributed by atoms with E-state index >= 15 is 0 Å². The number of piperidine rings is 1. The zero-order valence-corrected chi connectivity index (χ0v) is 18.2. The van der Waals surface area contributed by atoms with Crippen LogP contribution in [0.25, 0.3) is 0 Å². The Hall–Kier alpha value is -2.91. The summed E-state index contributed by atoms with van der Waals surface area (Å²) in [4.78, 5) is 41.2. The Morgan fingerprint density at radius 1 is 1.35 bits per heavy atom. The summed E-state index contributed by atoms with van der Waals surface area (Å²) in [5.74, 6) is -1.02. The Labute approximate surface area is 188 Å². The number of rotatable bonds is 6. The minimum absolute atomic E-state index is 0.0176. The number of aromatic nitrogens is 1. The fourth-order valence-electron chi connectivity index (χ4n) is 3.36. The van der Waals surface area contributed by atoms with Gasteiger partial charge in [0.05, 0.1) is 20.5 Å². The maximum absolute atomic E-state index is 12.3. The summed E-state index contributed by atoms with van der Waals surface area (Å²) in [5, 5.41) is 14.4. The smallest absolute Gasteiger partial charge is 0.338 e. The molecule has 1 aliphatic heterocycles. The van der Waals surface area contributed by atoms with Gasteiger partial charge >= 0.3 is 5.97 Å². The van der Waals surface area contributed by atoms with Crippen LogP contribution in [0.15, 0.2) is 30.5 Å². The normalized spacial score (nSPS) is 16.0. The van der Waals surface area contributed by atoms with E-state index in [0.717, 1.165) is 19.4 Å². The Bertz CT molecular complexity index is 1020. The summed E-state index contributed by atoms with van der Waals surface area (Å²) in [7, 11) is 0. The molecule has 1 amide bonds. The average molecular weight is 467 g/mol. The lowest BCUT2D eigenvalue weighted by molar-refractivity contribution is -0.384. The molecular weight excluding hydrogens is 447 g/mol. The van der Waals surface area contributed by atoms with Crippen LogP contribution < -0.4 is 10.2 Å². The lowest BCUT2D eigenvalue weighted by Crippen LogP contribution is -2.34. The van der Waals surface area contributed by atoms with Gasteiger partial charge in [0.1, 0.15) is 5.69 Å². The SMILES string of the molecule is CC1CCCN(c2ccc(C(=O)OCC(=O)Nc3ncc(Cl)cc3Cl)cc2[N+](=O)[O-])C1. The van der Waals surface area contributed by atoms with Gasteiger partial charge in [0.25, 0.3) is 11.6 Å². The van der Waals surface area contributed by atoms with Crippen LogP contribution >= 0.6 is 23.2 Å². The number of carbonyl (C=O) groups excluding carboxylic acids is 2. The van der Waals surface area contributed by atoms with Crippen molar-refractivity contribution in [3.05, 3.63) is 56.2 Å². The summed E-state index contributed by atoms with van der Waals surface area (Å²) >= 11 is 11.7. The van der Waals surface area contributed by atoms with Gasteiger partial charge in [-0.1, -0.05) is 30.1 Å². The van der Waals surface area contributed by atoms with E-state index in [2.05, 4.69) is 17.2 Å². The van der Waals surface area contributed by atoms with E-state index in [-0.39, 0.29) is 22.1 Å². The second kappa shape index (κ2) is 9.93. The number of nitrogens with one attached hydrogen (secondary N) is 1. The van der Waals surface area contributed by atoms with Crippen LogP contribution in [0.3, 0.4) is 0 Å². The molecule has 0 bridgehead atoms. The van der Waals surface area contributed by atoms with Crippen LogP contribution in [0.2, 0.25) is 10.0 Å². The van der Waals surface area contributed by atoms with Gasteiger partial charge in [0.2, 0.25) is 0 Å². The first-order chi connectivity index (χ1) is 14.7. The van der Waals surface area contributed by atoms with Crippen molar-refractivity contribution in [2.24, 2.45) is 5.92 Å². The van der Waals surface area contributed by atoms with Gasteiger partial charge < -0.3 is 15.0 Å². The van der Waals surface area contributed by atoms with Crippen molar-refractivity contribution < 1.29 is 19.2 Å². The molecule has 31 heavy (non-hydrogen) atoms. The third kappa shape index (κ3) is 5.83. The Kier molecular flexibility index (Phi) is 7.29. The number of hydrogen-bond donors (Lipinski definition) is 1. The predicted molar refractivity (Wildman–Crippen MR) is 117 cm³/mol. The molecule has 0 saturated carbocycles. The van der Waals surface area contributed by atoms with Crippen molar-refractivity contribution in [1.29, 1.82) is 0 Å². The Morgan fingerprint density at radius 2 is 2.13 bits per heavy atom. The highest BCUT2D eigenvalue weighted by Crippen LogP contribution is 2.32. The van der Waals surface area contributed by atoms with Crippen LogP contribution in [0.1, 0.15) is 30.1 Å². The van der Waals surface area contributed by atoms with E-state index in [1.54, 1.807) is 6.07 Å². The number of carbonyl (C=O) groups is 2. The van der Waals surface area contributed by atoms with Crippen LogP contribution in [-0.2, 0) is 9.53 Å². The number of benzene rings is 1. The van der Waals surface area contributed by atoms with Gasteiger partial charge in [-0.2, -0.15) is 0 Å². The van der Waals surface area contributed by atoms with E-state index in [0.29, 0.717) is 23.2 Å². The largest absolute Gasteiger partial charge is 0.452 e. The van der Waals surface area contributed by atoms with Crippen molar-refractivity contribution in [3.8, 4) is 0 Å². The second-order valence-corrected chi connectivity index (χ2v) is 8.11. The number of nitrogens with zero attached hydrogens (tertiary/aromatic N) is 3. The zero-order valence-electron chi connectivity index (χ0n) is 16.6. The summed E-state index contributed by atoms with van der Waals surface area (Å²) in [6, 6.07) is 5.58. The third-order valence-electron chi connectivity index (χ3n) is 4.81. The average Bonchev–Trinajstić information content (AvgIpc) is 2.73. The standard InChI is InChI=1S/C20H20Cl2N4O5/c1-12-3-2-6-25(10-12)16-5-4-13(7-17(16)26(29)30)20(28)31-11-18(27)24-19-15(22)8-14(21)9-23-19/h4-5,7-9,12H,2-3,6,10-11H2,1H3,(H,23,24,27). The fourth-order valence-corrected chi connectivity index (χ4v) is 3.79. The molecule has 11 heteroatoms. The van der Waals surface area contributed by atoms with Crippen molar-refractivity contribution >= 4 is 52.3 Å². The van der Waals surface area contributed by atoms with Crippen molar-refractivity contribution in [1.82, 2.24) is 4.98 Å². The van der Waals surface area contributed by atoms with Gasteiger partial charge in [-0.25, -0.2) is 9.78 Å². The van der Waals surface area contributed by atoms with Crippen LogP contribution in [0.4, 0.5) is 17.2 Å². The van der Waals surface area contributed by atoms with Gasteiger partial charge in [-0.15, -0.1) is 0 Å². The molecule has 0 spiro atoms. The first kappa shape index (κ1) is 22.8. The third-order valence-corrected chi connectivity index (χ3v) is 5.30. The topological polar surface area (TPSA) is 115 Å². The molecule has 1 atom stereocenters. The summed E-state index contributed by atoms with van der Waals surface area (Å²) in [5.41, 5.74) is 0.274. The summed E-state index contributed by atoms with van der Waals surface area (Å²) in [6.45, 7) is 2.92. The number of nitro groups is 1. The zero-order chi connectivity index (χ0) is 22.5. The van der Waals surface area contributed by atoms with E-state index in [1.165, 1.54) is 24.4 Å². The molecule has 0 aliphatic carbocycles. The first-order valence-electron chi connectivity index (χ1n) is 9.56. The minimum atomic E-state index is -0.855. The van der Waals surface area contributed by atoms with Gasteiger partial charge in [-0.05, 0) is 37.0 Å². The lowest BCUT2D eigenvalue weighted by atomic mass is 9.99. The molecule has 1 aliphatic rings. The molecule has 9 nitrogen and oxygen atoms in total. The second-order valence-electron chi connectivity index (χ2n) is 7.26. The minimum Gasteiger partial charge on any atom is -0.452 e. The van der Waals surface area contributed by atoms with Crippen LogP contribution in [-0.4, -0.2) is 41.5 Å². The van der Waals surface area contributed by atoms with Gasteiger partial charge in [0.15, 0.2) is 12.4 Å². The number of ether oxygens (including phenoxy) is 1. The first-order valence-corrected chi connectivity index (χ1v) is 10.3. The molecule has 3 rings (SSSR count). The van der Waals surface area contributed by atoms with Gasteiger partial charge in [-0.3, -0.25) is 14.9 Å². The van der Waals surface area contributed by atoms with Crippen molar-refractivity contribution in [3.63, 3.8) is 0 Å². The molecule has 1 aromatic carbocycles. The number of pyridine rings is 1. The Morgan fingerprint density at radius 3 is 2.81 bits per heavy atom. The number of nitro benzene ring substituents is 1. The molecule has 2 heterocycles. The van der Waals surface area contributed by atoms with Crippen LogP contribution in [0.5, 0.6) is 0 Å². The summed E-state index contributed by atoms with van der Waals surface area (Å²) < 4.78 is 4.98. The fraction of sp³-hybridized carbons (Fsp3) is 0.350. The maximum Gasteiger partial charge on any atom is 0.338 e. The molecule has 0 radical (unpaired) electrons. The molecule has 1 unspecified atom stereocenters. The van der Waals surface area contributed by atoms with E-state index in [9.17, 15) is 19.7 Å². The number of anilines is 2. The Balaban J connectivity index is 1.66. The van der Waals surface area contributed by atoms with E-state index < -0.39 is 23.4 Å². The lowest BCUT2D eigenvalue weighted by Gasteiger charge is -2.32. The highest BCUT2D eigenvalue weighted by atomic mass is 35.5. The summed E-state index contributed by atoms with van der Waals surface area (Å²) in [6.07, 6.45) is 3.33. The molecule has 1 saturated heterocycles. The molecular formula is C20H20Cl2N4O5. The van der Waals surface area contributed by atoms with Crippen molar-refractivity contribution in [2.45, 2.75) is 19.8 Å². The molecule has 1 N–H and O–H groups in total. The molecule has 2 aromatic rings. The van der Waals surface area contributed by atoms with E-state index in [1.807, 2.05) is 4.90 Å². The highest BCUT2D eigenvalue weighted by Gasteiger charge is 2.25. The number of esters is 1. The van der Waals surface area contributed by atoms with Gasteiger partial charge in [0, 0.05) is 25.4 Å². The van der Waals surface area contributed by atoms with Crippen LogP contribution in [0, 0.1) is 16.0 Å². The number of hydrogen-bond acceptors (Lipinski definition) is 7. The molecule has 164 valence electrons. The predicted octanol–water partition coefficient (Wildman–Crippen LogP) is 4.33. The number of halogens is 2. The monoisotopic (exact) mass is 466 g/mol. The highest BCUT2D eigenvalue weighted by molar-refractivity contribution is 6.36. The molecule has 1 fully saturated rings. The number of amides is 1. The van der Waals surface area contributed by atoms with Crippen molar-refractivity contribution in [2.75, 3.05) is 29.9 Å².